The number of esters is 2. The molecule has 0 aromatic rings. The molecule has 0 aliphatic heterocycles. The third-order valence-electron chi connectivity index (χ3n) is 8.20. The Morgan fingerprint density at radius 2 is 1.12 bits per heavy atom. The van der Waals surface area contributed by atoms with E-state index in [2.05, 4.69) is 67.0 Å². The Hall–Kier alpha value is -3.44. The number of phosphoric acid groups is 1. The number of ether oxygens (including phenoxy) is 2. The molecule has 0 saturated heterocycles. The van der Waals surface area contributed by atoms with Crippen molar-refractivity contribution in [3.8, 4) is 0 Å². The molecule has 328 valence electrons. The van der Waals surface area contributed by atoms with Crippen LogP contribution in [0.15, 0.2) is 97.2 Å². The van der Waals surface area contributed by atoms with Crippen LogP contribution < -0.4 is 0 Å². The molecule has 0 heterocycles. The van der Waals surface area contributed by atoms with Crippen molar-refractivity contribution in [1.29, 1.82) is 0 Å². The molecule has 0 bridgehead atoms. The molecular formula is C46H73O11P. The molecule has 12 heteroatoms. The molecule has 0 fully saturated rings. The summed E-state index contributed by atoms with van der Waals surface area (Å²) >= 11 is 0. The van der Waals surface area contributed by atoms with Crippen molar-refractivity contribution in [2.45, 2.75) is 148 Å². The van der Waals surface area contributed by atoms with Crippen LogP contribution in [-0.4, -0.2) is 71.5 Å². The fourth-order valence-electron chi connectivity index (χ4n) is 4.93. The predicted molar refractivity (Wildman–Crippen MR) is 233 cm³/mol. The number of carbonyl (C=O) groups excluding carboxylic acids is 3. The number of carbonyl (C=O) groups is 3. The second kappa shape index (κ2) is 40.3. The first-order valence-electron chi connectivity index (χ1n) is 21.1. The lowest BCUT2D eigenvalue weighted by Gasteiger charge is -2.20. The molecule has 1 unspecified atom stereocenters. The van der Waals surface area contributed by atoms with Crippen LogP contribution in [0.4, 0.5) is 0 Å². The molecule has 0 aromatic heterocycles. The third-order valence-corrected chi connectivity index (χ3v) is 9.15. The van der Waals surface area contributed by atoms with Crippen molar-refractivity contribution in [2.75, 3.05) is 26.4 Å². The summed E-state index contributed by atoms with van der Waals surface area (Å²) in [6, 6.07) is 0. The van der Waals surface area contributed by atoms with Crippen LogP contribution in [0.1, 0.15) is 136 Å². The molecule has 0 amide bonds. The smallest absolute Gasteiger partial charge is 0.462 e. The minimum Gasteiger partial charge on any atom is -0.462 e. The van der Waals surface area contributed by atoms with Gasteiger partial charge in [0.15, 0.2) is 11.9 Å². The van der Waals surface area contributed by atoms with E-state index in [0.29, 0.717) is 25.7 Å². The van der Waals surface area contributed by atoms with E-state index in [1.54, 1.807) is 12.2 Å². The highest BCUT2D eigenvalue weighted by molar-refractivity contribution is 7.47. The average Bonchev–Trinajstić information content (AvgIpc) is 3.20. The molecule has 3 atom stereocenters. The van der Waals surface area contributed by atoms with E-state index < -0.39 is 51.8 Å². The summed E-state index contributed by atoms with van der Waals surface area (Å²) in [5.74, 6) is -0.912. The van der Waals surface area contributed by atoms with E-state index in [1.807, 2.05) is 36.5 Å². The number of rotatable bonds is 38. The van der Waals surface area contributed by atoms with E-state index >= 15 is 0 Å². The van der Waals surface area contributed by atoms with E-state index in [-0.39, 0.29) is 25.2 Å². The first-order valence-corrected chi connectivity index (χ1v) is 22.6. The van der Waals surface area contributed by atoms with Crippen molar-refractivity contribution in [2.24, 2.45) is 0 Å². The lowest BCUT2D eigenvalue weighted by molar-refractivity contribution is -0.161. The largest absolute Gasteiger partial charge is 0.472 e. The van der Waals surface area contributed by atoms with Gasteiger partial charge in [-0.1, -0.05) is 131 Å². The molecule has 58 heavy (non-hydrogen) atoms. The van der Waals surface area contributed by atoms with Crippen molar-refractivity contribution < 1.29 is 52.6 Å². The van der Waals surface area contributed by atoms with Crippen LogP contribution in [0.5, 0.6) is 0 Å². The van der Waals surface area contributed by atoms with E-state index in [0.717, 1.165) is 83.5 Å². The number of hydrogen-bond donors (Lipinski definition) is 3. The first kappa shape index (κ1) is 54.6. The summed E-state index contributed by atoms with van der Waals surface area (Å²) in [6.45, 7) is 1.96. The quantitative estimate of drug-likeness (QED) is 0.0135. The van der Waals surface area contributed by atoms with Crippen LogP contribution in [0, 0.1) is 0 Å². The number of allylic oxidation sites excluding steroid dienone is 16. The maximum atomic E-state index is 12.6. The molecule has 0 aliphatic carbocycles. The highest BCUT2D eigenvalue weighted by Gasteiger charge is 2.27. The molecular weight excluding hydrogens is 759 g/mol. The Bertz CT molecular complexity index is 1340. The average molecular weight is 833 g/mol. The third kappa shape index (κ3) is 39.4. The van der Waals surface area contributed by atoms with Gasteiger partial charge in [0.25, 0.3) is 0 Å². The molecule has 0 aromatic carbocycles. The van der Waals surface area contributed by atoms with Gasteiger partial charge in [-0.25, -0.2) is 4.57 Å². The van der Waals surface area contributed by atoms with Gasteiger partial charge >= 0.3 is 19.8 Å². The van der Waals surface area contributed by atoms with Crippen molar-refractivity contribution >= 4 is 25.5 Å². The van der Waals surface area contributed by atoms with Gasteiger partial charge in [0.2, 0.25) is 0 Å². The van der Waals surface area contributed by atoms with Gasteiger partial charge in [0.05, 0.1) is 19.8 Å². The Morgan fingerprint density at radius 3 is 1.74 bits per heavy atom. The Balaban J connectivity index is 4.52. The summed E-state index contributed by atoms with van der Waals surface area (Å²) in [6.07, 6.45) is 45.0. The van der Waals surface area contributed by atoms with Crippen LogP contribution in [0.25, 0.3) is 0 Å². The molecule has 0 aliphatic rings. The monoisotopic (exact) mass is 832 g/mol. The summed E-state index contributed by atoms with van der Waals surface area (Å²) < 4.78 is 32.6. The van der Waals surface area contributed by atoms with Gasteiger partial charge in [-0.3, -0.25) is 23.4 Å². The maximum absolute atomic E-state index is 12.6. The normalized spacial score (nSPS) is 14.7. The Labute approximate surface area is 349 Å². The summed E-state index contributed by atoms with van der Waals surface area (Å²) in [4.78, 5) is 46.7. The lowest BCUT2D eigenvalue weighted by atomic mass is 10.1. The van der Waals surface area contributed by atoms with E-state index in [4.69, 9.17) is 19.1 Å². The highest BCUT2D eigenvalue weighted by Crippen LogP contribution is 2.43. The van der Waals surface area contributed by atoms with Gasteiger partial charge in [0, 0.05) is 19.3 Å². The molecule has 3 N–H and O–H groups in total. The second-order valence-electron chi connectivity index (χ2n) is 13.7. The minimum atomic E-state index is -4.66. The standard InChI is InChI=1S/C46H73O11P/c1-3-5-7-8-9-10-11-12-13-14-15-16-19-22-25-28-32-36-45(50)54-40-44(41-56-58(52,53)55-39-43(49)38-47)57-46(51)37-33-29-26-23-20-17-18-21-24-27-31-35-42(48)34-30-6-4-2/h5,7,9-10,12-13,15-18,23-24,26-27,31,35,43-44,47,49H,3-4,6,8,11,14,19-22,25,28-30,32-34,36-41H2,1-2H3,(H,52,53)/b7-5-,10-9-,13-12-,16-15-,18-17-,26-23-,27-24-,35-31+/t43-,44+/m0/s1. The lowest BCUT2D eigenvalue weighted by Crippen LogP contribution is -2.29. The van der Waals surface area contributed by atoms with Gasteiger partial charge in [-0.2, -0.15) is 0 Å². The van der Waals surface area contributed by atoms with Crippen LogP contribution in [-0.2, 0) is 37.5 Å². The van der Waals surface area contributed by atoms with E-state index in [9.17, 15) is 28.9 Å². The fourth-order valence-corrected chi connectivity index (χ4v) is 5.72. The Morgan fingerprint density at radius 1 is 0.586 bits per heavy atom. The molecule has 0 spiro atoms. The van der Waals surface area contributed by atoms with Crippen LogP contribution in [0.2, 0.25) is 0 Å². The van der Waals surface area contributed by atoms with Gasteiger partial charge in [-0.15, -0.1) is 0 Å². The molecule has 0 rings (SSSR count). The number of aliphatic hydroxyl groups is 2. The molecule has 11 nitrogen and oxygen atoms in total. The SMILES string of the molecule is CC/C=C\C/C=C\C/C=C\C/C=C\CCCCCCC(=O)OC[C@H](COP(=O)(O)OC[C@@H](O)CO)OC(=O)CCC/C=C\C/C=C\C/C=C\C=C\C(=O)CCCCC. The predicted octanol–water partition coefficient (Wildman–Crippen LogP) is 10.4. The number of hydrogen-bond acceptors (Lipinski definition) is 10. The van der Waals surface area contributed by atoms with Gasteiger partial charge < -0.3 is 24.6 Å². The van der Waals surface area contributed by atoms with Gasteiger partial charge in [0.1, 0.15) is 12.7 Å². The summed E-state index contributed by atoms with van der Waals surface area (Å²) in [7, 11) is -4.66. The number of aliphatic hydroxyl groups excluding tert-OH is 2. The second-order valence-corrected chi connectivity index (χ2v) is 15.1. The topological polar surface area (TPSA) is 166 Å². The Kier molecular flexibility index (Phi) is 38.0. The first-order chi connectivity index (χ1) is 28.1. The van der Waals surface area contributed by atoms with Crippen molar-refractivity contribution in [3.63, 3.8) is 0 Å². The highest BCUT2D eigenvalue weighted by atomic mass is 31.2. The van der Waals surface area contributed by atoms with Crippen LogP contribution >= 0.6 is 7.82 Å². The zero-order chi connectivity index (χ0) is 42.8. The van der Waals surface area contributed by atoms with Crippen LogP contribution in [0.3, 0.4) is 0 Å². The fraction of sp³-hybridized carbons (Fsp3) is 0.587. The minimum absolute atomic E-state index is 0.0704. The number of phosphoric ester groups is 1. The zero-order valence-electron chi connectivity index (χ0n) is 35.2. The van der Waals surface area contributed by atoms with Crippen molar-refractivity contribution in [1.82, 2.24) is 0 Å². The molecule has 0 radical (unpaired) electrons. The number of ketones is 1. The molecule has 0 saturated carbocycles. The van der Waals surface area contributed by atoms with E-state index in [1.165, 1.54) is 0 Å². The zero-order valence-corrected chi connectivity index (χ0v) is 36.1. The van der Waals surface area contributed by atoms with Crippen molar-refractivity contribution in [3.05, 3.63) is 97.2 Å². The summed E-state index contributed by atoms with van der Waals surface area (Å²) in [5, 5.41) is 18.3. The summed E-state index contributed by atoms with van der Waals surface area (Å²) in [5.41, 5.74) is 0. The number of unbranched alkanes of at least 4 members (excludes halogenated alkanes) is 7. The maximum Gasteiger partial charge on any atom is 0.472 e. The van der Waals surface area contributed by atoms with Gasteiger partial charge in [-0.05, 0) is 83.1 Å².